The quantitative estimate of drug-likeness (QED) is 0.619. The fraction of sp³-hybridized carbons (Fsp3) is 0.105. The number of imidazole rings is 1. The van der Waals surface area contributed by atoms with E-state index >= 15 is 0 Å². The summed E-state index contributed by atoms with van der Waals surface area (Å²) in [6.45, 7) is 2.47. The van der Waals surface area contributed by atoms with E-state index in [0.717, 1.165) is 16.6 Å². The molecular weight excluding hydrogens is 316 g/mol. The summed E-state index contributed by atoms with van der Waals surface area (Å²) in [6.07, 6.45) is 1.83. The van der Waals surface area contributed by atoms with Crippen molar-refractivity contribution in [3.8, 4) is 0 Å². The molecule has 6 heteroatoms. The summed E-state index contributed by atoms with van der Waals surface area (Å²) in [5, 5.41) is 6.47. The minimum absolute atomic E-state index is 0.215. The molecule has 2 aromatic heterocycles. The van der Waals surface area contributed by atoms with Crippen LogP contribution in [0, 0.1) is 6.92 Å². The molecule has 0 atom stereocenters. The molecule has 0 aliphatic rings. The van der Waals surface area contributed by atoms with Gasteiger partial charge in [0, 0.05) is 18.2 Å². The molecule has 2 aromatic carbocycles. The Hall–Kier alpha value is -3.41. The molecule has 0 spiro atoms. The van der Waals surface area contributed by atoms with Gasteiger partial charge in [0.25, 0.3) is 5.91 Å². The zero-order chi connectivity index (χ0) is 17.2. The Kier molecular flexibility index (Phi) is 3.78. The van der Waals surface area contributed by atoms with Gasteiger partial charge in [0.15, 0.2) is 5.82 Å². The third-order valence-corrected chi connectivity index (χ3v) is 3.97. The number of hydrogen-bond donors (Lipinski definition) is 1. The Morgan fingerprint density at radius 2 is 1.96 bits per heavy atom. The second-order valence-electron chi connectivity index (χ2n) is 5.84. The van der Waals surface area contributed by atoms with E-state index in [4.69, 9.17) is 4.52 Å². The second-order valence-corrected chi connectivity index (χ2v) is 5.84. The molecular formula is C19H16N4O2. The fourth-order valence-corrected chi connectivity index (χ4v) is 2.71. The molecule has 0 saturated carbocycles. The minimum atomic E-state index is -0.215. The Labute approximate surface area is 144 Å². The smallest absolute Gasteiger partial charge is 0.256 e. The highest BCUT2D eigenvalue weighted by Crippen LogP contribution is 2.15. The van der Waals surface area contributed by atoms with Gasteiger partial charge in [-0.3, -0.25) is 4.79 Å². The maximum atomic E-state index is 12.2. The average Bonchev–Trinajstić information content (AvgIpc) is 3.22. The highest BCUT2D eigenvalue weighted by atomic mass is 16.5. The van der Waals surface area contributed by atoms with Crippen LogP contribution in [-0.4, -0.2) is 20.6 Å². The lowest BCUT2D eigenvalue weighted by molar-refractivity contribution is 0.102. The van der Waals surface area contributed by atoms with Crippen LogP contribution in [0.2, 0.25) is 0 Å². The van der Waals surface area contributed by atoms with E-state index in [1.165, 1.54) is 0 Å². The number of carbonyl (C=O) groups excluding carboxylic acids is 1. The van der Waals surface area contributed by atoms with Crippen LogP contribution in [-0.2, 0) is 6.54 Å². The van der Waals surface area contributed by atoms with Crippen molar-refractivity contribution in [3.05, 3.63) is 77.8 Å². The van der Waals surface area contributed by atoms with E-state index in [1.807, 2.05) is 42.7 Å². The van der Waals surface area contributed by atoms with Crippen LogP contribution >= 0.6 is 0 Å². The van der Waals surface area contributed by atoms with Crippen LogP contribution in [0.4, 0.5) is 5.82 Å². The van der Waals surface area contributed by atoms with E-state index in [1.54, 1.807) is 25.1 Å². The number of nitrogens with one attached hydrogen (secondary N) is 1. The highest BCUT2D eigenvalue weighted by molar-refractivity contribution is 6.03. The first-order chi connectivity index (χ1) is 12.2. The summed E-state index contributed by atoms with van der Waals surface area (Å²) in [7, 11) is 0. The summed E-state index contributed by atoms with van der Waals surface area (Å²) in [5.41, 5.74) is 3.73. The molecule has 0 aliphatic heterocycles. The molecule has 2 heterocycles. The first-order valence-corrected chi connectivity index (χ1v) is 7.92. The molecule has 0 bridgehead atoms. The molecule has 0 unspecified atom stereocenters. The number of carbonyl (C=O) groups is 1. The molecule has 0 fully saturated rings. The average molecular weight is 332 g/mol. The van der Waals surface area contributed by atoms with Crippen LogP contribution in [0.5, 0.6) is 0 Å². The van der Waals surface area contributed by atoms with Crippen LogP contribution in [0.25, 0.3) is 11.0 Å². The highest BCUT2D eigenvalue weighted by Gasteiger charge is 2.09. The monoisotopic (exact) mass is 332 g/mol. The second kappa shape index (κ2) is 6.24. The van der Waals surface area contributed by atoms with Crippen molar-refractivity contribution < 1.29 is 9.32 Å². The molecule has 0 radical (unpaired) electrons. The lowest BCUT2D eigenvalue weighted by Crippen LogP contribution is -2.12. The number of para-hydroxylation sites is 2. The fourth-order valence-electron chi connectivity index (χ4n) is 2.71. The van der Waals surface area contributed by atoms with E-state index in [-0.39, 0.29) is 5.91 Å². The normalized spacial score (nSPS) is 10.9. The zero-order valence-corrected chi connectivity index (χ0v) is 13.6. The predicted molar refractivity (Wildman–Crippen MR) is 94.5 cm³/mol. The van der Waals surface area contributed by atoms with Gasteiger partial charge in [-0.2, -0.15) is 0 Å². The standard InChI is InChI=1S/C19H16N4O2/c1-13-10-18(22-25-13)21-19(24)15-8-6-14(7-9-15)11-23-12-20-16-4-2-3-5-17(16)23/h2-10,12H,11H2,1H3,(H,21,22,24). The van der Waals surface area contributed by atoms with E-state index in [0.29, 0.717) is 23.7 Å². The Morgan fingerprint density at radius 3 is 2.72 bits per heavy atom. The van der Waals surface area contributed by atoms with Crippen LogP contribution in [0.1, 0.15) is 21.7 Å². The van der Waals surface area contributed by atoms with E-state index in [2.05, 4.69) is 20.0 Å². The van der Waals surface area contributed by atoms with E-state index < -0.39 is 0 Å². The van der Waals surface area contributed by atoms with Gasteiger partial charge >= 0.3 is 0 Å². The van der Waals surface area contributed by atoms with Crippen molar-refractivity contribution >= 4 is 22.8 Å². The molecule has 0 saturated heterocycles. The summed E-state index contributed by atoms with van der Waals surface area (Å²) in [6, 6.07) is 17.2. The van der Waals surface area contributed by atoms with Crippen molar-refractivity contribution in [3.63, 3.8) is 0 Å². The topological polar surface area (TPSA) is 73.0 Å². The molecule has 25 heavy (non-hydrogen) atoms. The summed E-state index contributed by atoms with van der Waals surface area (Å²) < 4.78 is 7.03. The number of aryl methyl sites for hydroxylation is 1. The first kappa shape index (κ1) is 15.1. The van der Waals surface area contributed by atoms with Gasteiger partial charge in [0.2, 0.25) is 0 Å². The van der Waals surface area contributed by atoms with Gasteiger partial charge in [0.1, 0.15) is 5.76 Å². The van der Waals surface area contributed by atoms with Crippen molar-refractivity contribution in [2.24, 2.45) is 0 Å². The van der Waals surface area contributed by atoms with Crippen molar-refractivity contribution in [2.45, 2.75) is 13.5 Å². The summed E-state index contributed by atoms with van der Waals surface area (Å²) in [4.78, 5) is 16.6. The molecule has 0 aliphatic carbocycles. The number of aromatic nitrogens is 3. The molecule has 124 valence electrons. The molecule has 4 aromatic rings. The molecule has 1 amide bonds. The maximum absolute atomic E-state index is 12.2. The Bertz CT molecular complexity index is 1030. The van der Waals surface area contributed by atoms with Crippen LogP contribution in [0.3, 0.4) is 0 Å². The van der Waals surface area contributed by atoms with Gasteiger partial charge < -0.3 is 14.4 Å². The zero-order valence-electron chi connectivity index (χ0n) is 13.6. The number of nitrogens with zero attached hydrogens (tertiary/aromatic N) is 3. The largest absolute Gasteiger partial charge is 0.360 e. The molecule has 1 N–H and O–H groups in total. The van der Waals surface area contributed by atoms with Crippen LogP contribution in [0.15, 0.2) is 65.4 Å². The number of rotatable bonds is 4. The summed E-state index contributed by atoms with van der Waals surface area (Å²) in [5.74, 6) is 0.850. The lowest BCUT2D eigenvalue weighted by Gasteiger charge is -2.06. The predicted octanol–water partition coefficient (Wildman–Crippen LogP) is 3.63. The number of hydrogen-bond acceptors (Lipinski definition) is 4. The van der Waals surface area contributed by atoms with Crippen molar-refractivity contribution in [1.82, 2.24) is 14.7 Å². The Morgan fingerprint density at radius 1 is 1.16 bits per heavy atom. The van der Waals surface area contributed by atoms with Crippen LogP contribution < -0.4 is 5.32 Å². The lowest BCUT2D eigenvalue weighted by atomic mass is 10.1. The van der Waals surface area contributed by atoms with Gasteiger partial charge in [0.05, 0.1) is 17.4 Å². The minimum Gasteiger partial charge on any atom is -0.360 e. The number of amides is 1. The number of fused-ring (bicyclic) bond motifs is 1. The van der Waals surface area contributed by atoms with Gasteiger partial charge in [-0.1, -0.05) is 29.4 Å². The molecule has 4 rings (SSSR count). The van der Waals surface area contributed by atoms with Gasteiger partial charge in [-0.25, -0.2) is 4.98 Å². The van der Waals surface area contributed by atoms with E-state index in [9.17, 15) is 4.79 Å². The van der Waals surface area contributed by atoms with Crippen molar-refractivity contribution in [1.29, 1.82) is 0 Å². The maximum Gasteiger partial charge on any atom is 0.256 e. The first-order valence-electron chi connectivity index (χ1n) is 7.92. The number of benzene rings is 2. The van der Waals surface area contributed by atoms with Gasteiger partial charge in [-0.15, -0.1) is 0 Å². The Balaban J connectivity index is 1.49. The molecule has 6 nitrogen and oxygen atoms in total. The van der Waals surface area contributed by atoms with Gasteiger partial charge in [-0.05, 0) is 36.8 Å². The SMILES string of the molecule is Cc1cc(NC(=O)c2ccc(Cn3cnc4ccccc43)cc2)no1. The van der Waals surface area contributed by atoms with Crippen molar-refractivity contribution in [2.75, 3.05) is 5.32 Å². The number of anilines is 1. The summed E-state index contributed by atoms with van der Waals surface area (Å²) >= 11 is 0. The third-order valence-electron chi connectivity index (χ3n) is 3.97. The third kappa shape index (κ3) is 3.14.